The van der Waals surface area contributed by atoms with Crippen molar-refractivity contribution in [2.75, 3.05) is 26.2 Å². The van der Waals surface area contributed by atoms with E-state index in [9.17, 15) is 9.59 Å². The Labute approximate surface area is 191 Å². The predicted octanol–water partition coefficient (Wildman–Crippen LogP) is 2.37. The van der Waals surface area contributed by atoms with Crippen molar-refractivity contribution in [3.63, 3.8) is 0 Å². The van der Waals surface area contributed by atoms with Crippen LogP contribution in [-0.4, -0.2) is 53.6 Å². The molecule has 1 unspecified atom stereocenters. The van der Waals surface area contributed by atoms with Crippen molar-refractivity contribution in [1.82, 2.24) is 20.1 Å². The summed E-state index contributed by atoms with van der Waals surface area (Å²) in [5.74, 6) is 1.07. The van der Waals surface area contributed by atoms with E-state index >= 15 is 0 Å². The number of pyridine rings is 1. The number of aliphatic imine (C=N–C) groups is 1. The number of aromatic nitrogens is 1. The van der Waals surface area contributed by atoms with Gasteiger partial charge in [0.25, 0.3) is 5.56 Å². The molecular weight excluding hydrogens is 481 g/mol. The highest BCUT2D eigenvalue weighted by atomic mass is 127. The minimum atomic E-state index is 0. The van der Waals surface area contributed by atoms with Gasteiger partial charge in [-0.2, -0.15) is 0 Å². The average Bonchev–Trinajstić information content (AvgIpc) is 3.11. The number of hydrogen-bond acceptors (Lipinski definition) is 3. The van der Waals surface area contributed by atoms with Crippen LogP contribution >= 0.6 is 24.0 Å². The van der Waals surface area contributed by atoms with Crippen LogP contribution in [0.25, 0.3) is 0 Å². The molecule has 2 N–H and O–H groups in total. The van der Waals surface area contributed by atoms with Crippen molar-refractivity contribution in [2.24, 2.45) is 10.9 Å². The van der Waals surface area contributed by atoms with E-state index in [0.717, 1.165) is 57.1 Å². The number of carbonyl (C=O) groups excluding carboxylic acids is 1. The minimum absolute atomic E-state index is 0. The summed E-state index contributed by atoms with van der Waals surface area (Å²) in [6, 6.07) is 5.60. The first kappa shape index (κ1) is 25.5. The summed E-state index contributed by atoms with van der Waals surface area (Å²) < 4.78 is 1.81. The van der Waals surface area contributed by atoms with Gasteiger partial charge < -0.3 is 20.1 Å². The van der Waals surface area contributed by atoms with Crippen LogP contribution in [0.3, 0.4) is 0 Å². The Kier molecular flexibility index (Phi) is 11.3. The molecule has 2 heterocycles. The first-order chi connectivity index (χ1) is 13.4. The Balaban J connectivity index is 0.00000420. The highest BCUT2D eigenvalue weighted by Gasteiger charge is 2.27. The Morgan fingerprint density at radius 2 is 2.07 bits per heavy atom. The molecule has 1 fully saturated rings. The largest absolute Gasteiger partial charge is 0.357 e. The monoisotopic (exact) mass is 517 g/mol. The number of carbonyl (C=O) groups is 1. The molecule has 1 aromatic rings. The molecule has 164 valence electrons. The lowest BCUT2D eigenvalue weighted by atomic mass is 10.2. The van der Waals surface area contributed by atoms with E-state index < -0.39 is 0 Å². The van der Waals surface area contributed by atoms with Gasteiger partial charge in [0.05, 0.1) is 0 Å². The molecule has 0 spiro atoms. The zero-order valence-corrected chi connectivity index (χ0v) is 20.4. The number of amides is 1. The van der Waals surface area contributed by atoms with Crippen LogP contribution in [0.15, 0.2) is 28.0 Å². The van der Waals surface area contributed by atoms with E-state index in [1.807, 2.05) is 43.2 Å². The summed E-state index contributed by atoms with van der Waals surface area (Å²) in [7, 11) is 0. The van der Waals surface area contributed by atoms with Crippen molar-refractivity contribution in [3.8, 4) is 0 Å². The number of nitrogens with zero attached hydrogens (tertiary/aromatic N) is 3. The number of halogens is 1. The molecule has 29 heavy (non-hydrogen) atoms. The molecule has 1 aromatic heterocycles. The van der Waals surface area contributed by atoms with Gasteiger partial charge in [-0.15, -0.1) is 24.0 Å². The SMILES string of the molecule is CCNC(=NCCCCn1c(C)cccc1=O)NC1CCN(C(=O)C(C)C)C1.I. The van der Waals surface area contributed by atoms with E-state index in [1.165, 1.54) is 0 Å². The number of rotatable bonds is 8. The maximum absolute atomic E-state index is 12.1. The molecular formula is C21H36IN5O2. The normalized spacial score (nSPS) is 16.7. The second-order valence-corrected chi connectivity index (χ2v) is 7.69. The molecule has 0 saturated carbocycles. The standard InChI is InChI=1S/C21H35N5O2.HI/c1-5-22-21(24-18-11-14-25(15-18)20(28)16(2)3)23-12-6-7-13-26-17(4)9-8-10-19(26)27;/h8-10,16,18H,5-7,11-15H2,1-4H3,(H2,22,23,24);1H. The van der Waals surface area contributed by atoms with Gasteiger partial charge in [0.1, 0.15) is 0 Å². The predicted molar refractivity (Wildman–Crippen MR) is 129 cm³/mol. The van der Waals surface area contributed by atoms with Gasteiger partial charge in [-0.1, -0.05) is 19.9 Å². The summed E-state index contributed by atoms with van der Waals surface area (Å²) >= 11 is 0. The third kappa shape index (κ3) is 7.98. The Hall–Kier alpha value is -1.58. The lowest BCUT2D eigenvalue weighted by Crippen LogP contribution is -2.45. The fraction of sp³-hybridized carbons (Fsp3) is 0.667. The van der Waals surface area contributed by atoms with Crippen molar-refractivity contribution in [1.29, 1.82) is 0 Å². The summed E-state index contributed by atoms with van der Waals surface area (Å²) in [6.45, 7) is 11.7. The molecule has 1 saturated heterocycles. The van der Waals surface area contributed by atoms with Crippen LogP contribution < -0.4 is 16.2 Å². The molecule has 1 aliphatic heterocycles. The van der Waals surface area contributed by atoms with E-state index in [-0.39, 0.29) is 47.4 Å². The highest BCUT2D eigenvalue weighted by molar-refractivity contribution is 14.0. The molecule has 2 rings (SSSR count). The molecule has 7 nitrogen and oxygen atoms in total. The van der Waals surface area contributed by atoms with Crippen molar-refractivity contribution >= 4 is 35.8 Å². The molecule has 8 heteroatoms. The molecule has 0 bridgehead atoms. The lowest BCUT2D eigenvalue weighted by Gasteiger charge is -2.20. The van der Waals surface area contributed by atoms with Crippen molar-refractivity contribution < 1.29 is 4.79 Å². The highest BCUT2D eigenvalue weighted by Crippen LogP contribution is 2.12. The van der Waals surface area contributed by atoms with Gasteiger partial charge in [-0.25, -0.2) is 0 Å². The van der Waals surface area contributed by atoms with Gasteiger partial charge in [-0.05, 0) is 39.2 Å². The summed E-state index contributed by atoms with van der Waals surface area (Å²) in [6.07, 6.45) is 2.77. The first-order valence-electron chi connectivity index (χ1n) is 10.4. The number of likely N-dealkylation sites (tertiary alicyclic amines) is 1. The quantitative estimate of drug-likeness (QED) is 0.240. The van der Waals surface area contributed by atoms with Crippen LogP contribution in [0.2, 0.25) is 0 Å². The Morgan fingerprint density at radius 1 is 1.31 bits per heavy atom. The van der Waals surface area contributed by atoms with Crippen LogP contribution in [0, 0.1) is 12.8 Å². The molecule has 0 aliphatic carbocycles. The van der Waals surface area contributed by atoms with Crippen molar-refractivity contribution in [3.05, 3.63) is 34.2 Å². The Bertz CT molecular complexity index is 732. The van der Waals surface area contributed by atoms with Crippen LogP contribution in [0.5, 0.6) is 0 Å². The maximum atomic E-state index is 12.1. The number of aryl methyl sites for hydroxylation is 1. The van der Waals surface area contributed by atoms with Gasteiger partial charge in [0.15, 0.2) is 5.96 Å². The average molecular weight is 517 g/mol. The van der Waals surface area contributed by atoms with E-state index in [4.69, 9.17) is 0 Å². The third-order valence-corrected chi connectivity index (χ3v) is 5.01. The molecule has 0 aromatic carbocycles. The maximum Gasteiger partial charge on any atom is 0.250 e. The third-order valence-electron chi connectivity index (χ3n) is 5.01. The number of unbranched alkanes of at least 4 members (excludes halogenated alkanes) is 1. The zero-order chi connectivity index (χ0) is 20.5. The number of nitrogens with one attached hydrogen (secondary N) is 2. The number of guanidine groups is 1. The summed E-state index contributed by atoms with van der Waals surface area (Å²) in [5, 5.41) is 6.74. The molecule has 1 aliphatic rings. The van der Waals surface area contributed by atoms with E-state index in [1.54, 1.807) is 12.1 Å². The van der Waals surface area contributed by atoms with Crippen LogP contribution in [-0.2, 0) is 11.3 Å². The molecule has 1 atom stereocenters. The topological polar surface area (TPSA) is 78.7 Å². The van der Waals surface area contributed by atoms with Crippen molar-refractivity contribution in [2.45, 2.75) is 59.5 Å². The smallest absolute Gasteiger partial charge is 0.250 e. The zero-order valence-electron chi connectivity index (χ0n) is 18.1. The van der Waals surface area contributed by atoms with Gasteiger partial charge in [-0.3, -0.25) is 14.6 Å². The number of hydrogen-bond donors (Lipinski definition) is 2. The fourth-order valence-corrected chi connectivity index (χ4v) is 3.44. The van der Waals surface area contributed by atoms with E-state index in [0.29, 0.717) is 6.54 Å². The summed E-state index contributed by atoms with van der Waals surface area (Å²) in [5.41, 5.74) is 1.05. The molecule has 1 amide bonds. The van der Waals surface area contributed by atoms with E-state index in [2.05, 4.69) is 15.6 Å². The van der Waals surface area contributed by atoms with Gasteiger partial charge >= 0.3 is 0 Å². The minimum Gasteiger partial charge on any atom is -0.357 e. The fourth-order valence-electron chi connectivity index (χ4n) is 3.44. The second kappa shape index (κ2) is 12.9. The van der Waals surface area contributed by atoms with Gasteiger partial charge in [0.2, 0.25) is 5.91 Å². The molecule has 0 radical (unpaired) electrons. The summed E-state index contributed by atoms with van der Waals surface area (Å²) in [4.78, 5) is 30.6. The van der Waals surface area contributed by atoms with Crippen LogP contribution in [0.4, 0.5) is 0 Å². The lowest BCUT2D eigenvalue weighted by molar-refractivity contribution is -0.133. The van der Waals surface area contributed by atoms with Crippen LogP contribution in [0.1, 0.15) is 45.7 Å². The Morgan fingerprint density at radius 3 is 2.72 bits per heavy atom. The first-order valence-corrected chi connectivity index (χ1v) is 10.4. The second-order valence-electron chi connectivity index (χ2n) is 7.69. The van der Waals surface area contributed by atoms with Gasteiger partial charge in [0, 0.05) is 56.4 Å².